The third kappa shape index (κ3) is 5.19. The van der Waals surface area contributed by atoms with E-state index in [0.717, 1.165) is 5.69 Å². The number of rotatable bonds is 5. The minimum Gasteiger partial charge on any atom is -0.309 e. The van der Waals surface area contributed by atoms with Crippen molar-refractivity contribution in [1.29, 1.82) is 0 Å². The van der Waals surface area contributed by atoms with Gasteiger partial charge in [0.15, 0.2) is 0 Å². The van der Waals surface area contributed by atoms with Crippen molar-refractivity contribution in [1.82, 2.24) is 4.57 Å². The molecule has 0 N–H and O–H groups in total. The minimum atomic E-state index is 0.172. The van der Waals surface area contributed by atoms with Crippen LogP contribution in [0.5, 0.6) is 0 Å². The fourth-order valence-corrected chi connectivity index (χ4v) is 10.4. The zero-order valence-corrected chi connectivity index (χ0v) is 33.7. The number of benzene rings is 10. The van der Waals surface area contributed by atoms with Crippen LogP contribution in [0.2, 0.25) is 0 Å². The molecule has 0 aliphatic heterocycles. The molecule has 0 saturated heterocycles. The number of para-hydroxylation sites is 1. The van der Waals surface area contributed by atoms with E-state index < -0.39 is 0 Å². The Balaban J connectivity index is 1.01. The molecule has 12 rings (SSSR count). The van der Waals surface area contributed by atoms with Crippen LogP contribution in [0.4, 0.5) is 0 Å². The topological polar surface area (TPSA) is 4.93 Å². The van der Waals surface area contributed by atoms with Crippen LogP contribution in [0.25, 0.3) is 93.5 Å². The van der Waals surface area contributed by atoms with Crippen molar-refractivity contribution in [3.63, 3.8) is 0 Å². The SMILES string of the molecule is Cc1cc(-c2ccc3c(c2)c2ccccc2n3-c2ccc(-c3c4ccccc4c(-c4ccccc4)c4ccccc34)cc2)c(C2c3ccccc3-c3ccccc32)cc1C. The second-order valence-corrected chi connectivity index (χ2v) is 16.5. The van der Waals surface area contributed by atoms with Crippen LogP contribution in [0.1, 0.15) is 33.7 Å². The van der Waals surface area contributed by atoms with E-state index >= 15 is 0 Å². The van der Waals surface area contributed by atoms with E-state index in [-0.39, 0.29) is 5.92 Å². The van der Waals surface area contributed by atoms with Crippen LogP contribution in [0.3, 0.4) is 0 Å². The highest BCUT2D eigenvalue weighted by Crippen LogP contribution is 2.51. The normalized spacial score (nSPS) is 12.4. The molecule has 0 radical (unpaired) electrons. The molecule has 0 bridgehead atoms. The van der Waals surface area contributed by atoms with Gasteiger partial charge in [-0.25, -0.2) is 0 Å². The highest BCUT2D eigenvalue weighted by atomic mass is 15.0. The molecule has 0 atom stereocenters. The molecule has 1 aliphatic carbocycles. The monoisotopic (exact) mass is 763 g/mol. The molecule has 0 fully saturated rings. The predicted molar refractivity (Wildman–Crippen MR) is 254 cm³/mol. The summed E-state index contributed by atoms with van der Waals surface area (Å²) in [6, 6.07) is 76.7. The molecule has 1 aliphatic rings. The van der Waals surface area contributed by atoms with Crippen molar-refractivity contribution in [2.24, 2.45) is 0 Å². The molecule has 10 aromatic carbocycles. The van der Waals surface area contributed by atoms with Gasteiger partial charge in [-0.15, -0.1) is 0 Å². The molecule has 0 saturated carbocycles. The molecular weight excluding hydrogens is 723 g/mol. The number of nitrogens with zero attached hydrogens (tertiary/aromatic N) is 1. The van der Waals surface area contributed by atoms with Gasteiger partial charge in [-0.2, -0.15) is 0 Å². The van der Waals surface area contributed by atoms with Crippen molar-refractivity contribution < 1.29 is 0 Å². The summed E-state index contributed by atoms with van der Waals surface area (Å²) in [5.41, 5.74) is 20.6. The molecule has 0 amide bonds. The van der Waals surface area contributed by atoms with Crippen molar-refractivity contribution in [3.05, 3.63) is 234 Å². The van der Waals surface area contributed by atoms with Crippen LogP contribution >= 0.6 is 0 Å². The fourth-order valence-electron chi connectivity index (χ4n) is 10.4. The molecule has 1 heterocycles. The fraction of sp³-hybridized carbons (Fsp3) is 0.0508. The third-order valence-electron chi connectivity index (χ3n) is 13.2. The first-order chi connectivity index (χ1) is 29.6. The molecule has 60 heavy (non-hydrogen) atoms. The van der Waals surface area contributed by atoms with Crippen LogP contribution in [-0.2, 0) is 0 Å². The largest absolute Gasteiger partial charge is 0.309 e. The van der Waals surface area contributed by atoms with Gasteiger partial charge >= 0.3 is 0 Å². The van der Waals surface area contributed by atoms with Gasteiger partial charge in [0.25, 0.3) is 0 Å². The smallest absolute Gasteiger partial charge is 0.0541 e. The van der Waals surface area contributed by atoms with Crippen molar-refractivity contribution >= 4 is 43.4 Å². The Hall–Kier alpha value is -7.48. The second kappa shape index (κ2) is 13.5. The lowest BCUT2D eigenvalue weighted by molar-refractivity contribution is 1.01. The van der Waals surface area contributed by atoms with E-state index in [1.807, 2.05) is 0 Å². The molecule has 282 valence electrons. The van der Waals surface area contributed by atoms with Gasteiger partial charge in [0.2, 0.25) is 0 Å². The Morgan fingerprint density at radius 1 is 0.317 bits per heavy atom. The summed E-state index contributed by atoms with van der Waals surface area (Å²) < 4.78 is 2.44. The van der Waals surface area contributed by atoms with Gasteiger partial charge in [-0.1, -0.05) is 176 Å². The maximum Gasteiger partial charge on any atom is 0.0541 e. The lowest BCUT2D eigenvalue weighted by Gasteiger charge is -2.21. The number of aromatic nitrogens is 1. The van der Waals surface area contributed by atoms with Crippen LogP contribution in [-0.4, -0.2) is 4.57 Å². The summed E-state index contributed by atoms with van der Waals surface area (Å²) in [5.74, 6) is 0.172. The van der Waals surface area contributed by atoms with Crippen LogP contribution in [0.15, 0.2) is 206 Å². The summed E-state index contributed by atoms with van der Waals surface area (Å²) in [6.07, 6.45) is 0. The number of hydrogen-bond donors (Lipinski definition) is 0. The summed E-state index contributed by atoms with van der Waals surface area (Å²) in [6.45, 7) is 4.50. The summed E-state index contributed by atoms with van der Waals surface area (Å²) in [7, 11) is 0. The summed E-state index contributed by atoms with van der Waals surface area (Å²) in [4.78, 5) is 0. The van der Waals surface area contributed by atoms with Gasteiger partial charge in [-0.05, 0) is 138 Å². The number of hydrogen-bond acceptors (Lipinski definition) is 0. The van der Waals surface area contributed by atoms with Crippen molar-refractivity contribution in [2.45, 2.75) is 19.8 Å². The van der Waals surface area contributed by atoms with Gasteiger partial charge in [0.1, 0.15) is 0 Å². The van der Waals surface area contributed by atoms with E-state index in [0.29, 0.717) is 0 Å². The maximum atomic E-state index is 2.45. The lowest BCUT2D eigenvalue weighted by atomic mass is 9.82. The van der Waals surface area contributed by atoms with E-state index in [2.05, 4.69) is 225 Å². The predicted octanol–water partition coefficient (Wildman–Crippen LogP) is 15.9. The Labute approximate surface area is 350 Å². The first-order valence-corrected chi connectivity index (χ1v) is 21.0. The highest BCUT2D eigenvalue weighted by Gasteiger charge is 2.31. The zero-order chi connectivity index (χ0) is 39.9. The molecule has 11 aromatic rings. The minimum absolute atomic E-state index is 0.172. The Kier molecular flexibility index (Phi) is 7.80. The molecular formula is C59H41N. The van der Waals surface area contributed by atoms with E-state index in [4.69, 9.17) is 0 Å². The third-order valence-corrected chi connectivity index (χ3v) is 13.2. The second-order valence-electron chi connectivity index (χ2n) is 16.5. The first kappa shape index (κ1) is 34.6. The average molecular weight is 764 g/mol. The maximum absolute atomic E-state index is 2.45. The summed E-state index contributed by atoms with van der Waals surface area (Å²) >= 11 is 0. The van der Waals surface area contributed by atoms with Gasteiger partial charge in [0.05, 0.1) is 11.0 Å². The first-order valence-electron chi connectivity index (χ1n) is 21.0. The molecule has 1 aromatic heterocycles. The standard InChI is InChI=1S/C59H41N/c1-37-34-52(54(35-38(37)2)59-46-21-8-6-18-43(46)44-19-7-9-22-47(44)59)41-30-33-56-53(36-41)45-20-14-15-27-55(45)60(56)42-31-28-40(29-32-42)58-50-25-12-10-23-48(50)57(39-16-4-3-5-17-39)49-24-11-13-26-51(49)58/h3-36,59H,1-2H3. The quantitative estimate of drug-likeness (QED) is 0.154. The lowest BCUT2D eigenvalue weighted by Crippen LogP contribution is -2.03. The van der Waals surface area contributed by atoms with Crippen molar-refractivity contribution in [2.75, 3.05) is 0 Å². The van der Waals surface area contributed by atoms with Gasteiger partial charge in [0, 0.05) is 22.4 Å². The Morgan fingerprint density at radius 3 is 1.40 bits per heavy atom. The van der Waals surface area contributed by atoms with Crippen LogP contribution < -0.4 is 0 Å². The molecule has 0 unspecified atom stereocenters. The van der Waals surface area contributed by atoms with Crippen molar-refractivity contribution in [3.8, 4) is 50.2 Å². The molecule has 0 spiro atoms. The zero-order valence-electron chi connectivity index (χ0n) is 33.7. The van der Waals surface area contributed by atoms with E-state index in [1.54, 1.807) is 0 Å². The number of fused-ring (bicyclic) bond motifs is 8. The molecule has 1 nitrogen and oxygen atoms in total. The van der Waals surface area contributed by atoms with E-state index in [1.165, 1.54) is 116 Å². The van der Waals surface area contributed by atoms with Gasteiger partial charge < -0.3 is 4.57 Å². The number of aryl methyl sites for hydroxylation is 2. The average Bonchev–Trinajstić information content (AvgIpc) is 3.82. The summed E-state index contributed by atoms with van der Waals surface area (Å²) in [5, 5.41) is 7.59. The molecule has 1 heteroatoms. The van der Waals surface area contributed by atoms with Gasteiger partial charge in [-0.3, -0.25) is 0 Å². The Bertz CT molecular complexity index is 3390. The van der Waals surface area contributed by atoms with Crippen LogP contribution in [0, 0.1) is 13.8 Å². The Morgan fingerprint density at radius 2 is 0.783 bits per heavy atom. The van der Waals surface area contributed by atoms with E-state index in [9.17, 15) is 0 Å². The highest BCUT2D eigenvalue weighted by molar-refractivity contribution is 6.21.